The Morgan fingerprint density at radius 1 is 0.333 bits per heavy atom. The van der Waals surface area contributed by atoms with E-state index in [0.717, 1.165) is 25.7 Å². The van der Waals surface area contributed by atoms with Crippen molar-refractivity contribution in [2.45, 2.75) is 392 Å². The van der Waals surface area contributed by atoms with Crippen LogP contribution in [0.3, 0.4) is 0 Å². The average Bonchev–Trinajstić information content (AvgIpc) is 3.35. The number of nitrogens with one attached hydrogen (secondary N) is 1. The molecule has 0 aliphatic rings. The number of aliphatic hydroxyl groups is 2. The van der Waals surface area contributed by atoms with Gasteiger partial charge in [0.15, 0.2) is 0 Å². The molecule has 0 saturated heterocycles. The molecule has 0 rings (SSSR count). The van der Waals surface area contributed by atoms with Gasteiger partial charge in [-0.1, -0.05) is 366 Å². The van der Waals surface area contributed by atoms with Crippen LogP contribution in [0.2, 0.25) is 0 Å². The number of unbranched alkanes of at least 4 members (excludes halogenated alkanes) is 54. The second-order valence-electron chi connectivity index (χ2n) is 22.6. The minimum atomic E-state index is -0.836. The van der Waals surface area contributed by atoms with Crippen LogP contribution in [0.15, 0.2) is 12.2 Å². The summed E-state index contributed by atoms with van der Waals surface area (Å²) in [5, 5.41) is 23.2. The molecule has 0 bridgehead atoms. The van der Waals surface area contributed by atoms with Gasteiger partial charge in [-0.15, -0.1) is 0 Å². The maximum absolute atomic E-state index is 12.5. The summed E-state index contributed by atoms with van der Waals surface area (Å²) >= 11 is 0. The lowest BCUT2D eigenvalue weighted by atomic mass is 10.0. The molecule has 4 heteroatoms. The van der Waals surface area contributed by atoms with Gasteiger partial charge in [0.25, 0.3) is 0 Å². The fourth-order valence-corrected chi connectivity index (χ4v) is 10.6. The number of allylic oxidation sites excluding steroid dienone is 1. The van der Waals surface area contributed by atoms with Crippen LogP contribution in [0.5, 0.6) is 0 Å². The Morgan fingerprint density at radius 3 is 0.754 bits per heavy atom. The molecule has 4 nitrogen and oxygen atoms in total. The Bertz CT molecular complexity index is 967. The first-order valence-electron chi connectivity index (χ1n) is 32.4. The summed E-state index contributed by atoms with van der Waals surface area (Å²) < 4.78 is 0. The zero-order valence-electron chi connectivity index (χ0n) is 47.6. The van der Waals surface area contributed by atoms with Crippen molar-refractivity contribution in [3.8, 4) is 0 Å². The largest absolute Gasteiger partial charge is 0.394 e. The summed E-state index contributed by atoms with van der Waals surface area (Å²) in [7, 11) is 0. The molecule has 0 aromatic carbocycles. The average molecular weight is 973 g/mol. The Kier molecular flexibility index (Phi) is 60.7. The Hall–Kier alpha value is -0.870. The minimum Gasteiger partial charge on any atom is -0.394 e. The summed E-state index contributed by atoms with van der Waals surface area (Å²) in [5.74, 6) is -0.0541. The molecule has 0 fully saturated rings. The molecule has 0 aliphatic carbocycles. The number of hydrogen-bond acceptors (Lipinski definition) is 3. The van der Waals surface area contributed by atoms with E-state index >= 15 is 0 Å². The summed E-state index contributed by atoms with van der Waals surface area (Å²) in [4.78, 5) is 12.5. The highest BCUT2D eigenvalue weighted by Crippen LogP contribution is 2.19. The fraction of sp³-hybridized carbons (Fsp3) is 0.954. The summed E-state index contributed by atoms with van der Waals surface area (Å²) in [6.07, 6.45) is 81.4. The van der Waals surface area contributed by atoms with Crippen molar-refractivity contribution < 1.29 is 15.0 Å². The van der Waals surface area contributed by atoms with Crippen LogP contribution >= 0.6 is 0 Å². The van der Waals surface area contributed by atoms with Gasteiger partial charge < -0.3 is 15.5 Å². The molecule has 412 valence electrons. The number of rotatable bonds is 61. The van der Waals surface area contributed by atoms with Crippen LogP contribution in [-0.2, 0) is 4.79 Å². The molecule has 2 atom stereocenters. The van der Waals surface area contributed by atoms with E-state index in [1.165, 1.54) is 334 Å². The van der Waals surface area contributed by atoms with Crippen LogP contribution < -0.4 is 5.32 Å². The van der Waals surface area contributed by atoms with Gasteiger partial charge in [0.05, 0.1) is 18.8 Å². The molecular weight excluding hydrogens is 843 g/mol. The SMILES string of the molecule is CCCCCCCCCCCCCCCCCCCCCC/C=C/C(O)C(CO)NC(=O)CCCCCCCCCCCCCCCCCCCCCCCCCCCCCCCCCCCCC. The Morgan fingerprint density at radius 2 is 0.536 bits per heavy atom. The van der Waals surface area contributed by atoms with Crippen molar-refractivity contribution in [3.05, 3.63) is 12.2 Å². The predicted molar refractivity (Wildman–Crippen MR) is 309 cm³/mol. The van der Waals surface area contributed by atoms with Crippen LogP contribution in [0, 0.1) is 0 Å². The molecule has 0 heterocycles. The van der Waals surface area contributed by atoms with Crippen molar-refractivity contribution in [1.29, 1.82) is 0 Å². The number of carbonyl (C=O) groups excluding carboxylic acids is 1. The molecule has 2 unspecified atom stereocenters. The summed E-state index contributed by atoms with van der Waals surface area (Å²) in [6.45, 7) is 4.36. The van der Waals surface area contributed by atoms with Crippen LogP contribution in [0.4, 0.5) is 0 Å². The molecular formula is C65H129NO3. The second-order valence-corrected chi connectivity index (χ2v) is 22.6. The van der Waals surface area contributed by atoms with Gasteiger partial charge in [-0.25, -0.2) is 0 Å². The van der Waals surface area contributed by atoms with Crippen molar-refractivity contribution in [2.75, 3.05) is 6.61 Å². The lowest BCUT2D eigenvalue weighted by Gasteiger charge is -2.20. The van der Waals surface area contributed by atoms with Crippen molar-refractivity contribution in [3.63, 3.8) is 0 Å². The monoisotopic (exact) mass is 972 g/mol. The van der Waals surface area contributed by atoms with Gasteiger partial charge in [-0.3, -0.25) is 4.79 Å². The van der Waals surface area contributed by atoms with Gasteiger partial charge in [0, 0.05) is 6.42 Å². The molecule has 0 aliphatic heterocycles. The van der Waals surface area contributed by atoms with Gasteiger partial charge in [0.2, 0.25) is 5.91 Å². The van der Waals surface area contributed by atoms with Crippen molar-refractivity contribution >= 4 is 5.91 Å². The van der Waals surface area contributed by atoms with Gasteiger partial charge >= 0.3 is 0 Å². The number of amides is 1. The molecule has 0 aromatic rings. The van der Waals surface area contributed by atoms with Gasteiger partial charge in [0.1, 0.15) is 0 Å². The quantitative estimate of drug-likeness (QED) is 0.0420. The van der Waals surface area contributed by atoms with E-state index in [1.54, 1.807) is 6.08 Å². The number of hydrogen-bond donors (Lipinski definition) is 3. The molecule has 1 amide bonds. The molecule has 0 saturated carbocycles. The summed E-state index contributed by atoms with van der Waals surface area (Å²) in [6, 6.07) is -0.619. The van der Waals surface area contributed by atoms with Crippen LogP contribution in [0.1, 0.15) is 380 Å². The third-order valence-corrected chi connectivity index (χ3v) is 15.5. The van der Waals surface area contributed by atoms with Gasteiger partial charge in [-0.05, 0) is 19.3 Å². The van der Waals surface area contributed by atoms with E-state index in [2.05, 4.69) is 19.2 Å². The smallest absolute Gasteiger partial charge is 0.220 e. The zero-order chi connectivity index (χ0) is 49.9. The van der Waals surface area contributed by atoms with Gasteiger partial charge in [-0.2, -0.15) is 0 Å². The molecule has 69 heavy (non-hydrogen) atoms. The lowest BCUT2D eigenvalue weighted by molar-refractivity contribution is -0.123. The zero-order valence-corrected chi connectivity index (χ0v) is 47.6. The highest BCUT2D eigenvalue weighted by molar-refractivity contribution is 5.76. The van der Waals surface area contributed by atoms with Crippen molar-refractivity contribution in [1.82, 2.24) is 5.32 Å². The van der Waals surface area contributed by atoms with Crippen LogP contribution in [0.25, 0.3) is 0 Å². The van der Waals surface area contributed by atoms with Crippen molar-refractivity contribution in [2.24, 2.45) is 0 Å². The lowest BCUT2D eigenvalue weighted by Crippen LogP contribution is -2.45. The highest BCUT2D eigenvalue weighted by Gasteiger charge is 2.18. The minimum absolute atomic E-state index is 0.0541. The number of aliphatic hydroxyl groups excluding tert-OH is 2. The summed E-state index contributed by atoms with van der Waals surface area (Å²) in [5.41, 5.74) is 0. The van der Waals surface area contributed by atoms with E-state index < -0.39 is 12.1 Å². The number of carbonyl (C=O) groups is 1. The first-order valence-corrected chi connectivity index (χ1v) is 32.4. The Balaban J connectivity index is 3.39. The second kappa shape index (κ2) is 61.4. The normalized spacial score (nSPS) is 12.7. The van der Waals surface area contributed by atoms with E-state index in [9.17, 15) is 15.0 Å². The molecule has 3 N–H and O–H groups in total. The van der Waals surface area contributed by atoms with Crippen LogP contribution in [-0.4, -0.2) is 34.9 Å². The first-order chi connectivity index (χ1) is 34.2. The first kappa shape index (κ1) is 68.1. The predicted octanol–water partition coefficient (Wildman–Crippen LogP) is 21.7. The Labute approximate surface area is 435 Å². The standard InChI is InChI=1S/C65H129NO3/c1-3-5-7-9-11-13-15-17-19-21-23-25-27-28-29-30-31-32-33-34-35-36-37-38-39-41-43-45-47-49-51-53-55-57-59-61-65(69)66-63(62-67)64(68)60-58-56-54-52-50-48-46-44-42-40-26-24-22-20-18-16-14-12-10-8-6-4-2/h58,60,63-64,67-68H,3-57,59,61-62H2,1-2H3,(H,66,69)/b60-58+. The maximum atomic E-state index is 12.5. The third-order valence-electron chi connectivity index (χ3n) is 15.5. The third kappa shape index (κ3) is 57.9. The topological polar surface area (TPSA) is 69.6 Å². The molecule has 0 spiro atoms. The molecule has 0 radical (unpaired) electrons. The van der Waals surface area contributed by atoms with E-state index in [4.69, 9.17) is 0 Å². The van der Waals surface area contributed by atoms with E-state index in [0.29, 0.717) is 6.42 Å². The van der Waals surface area contributed by atoms with E-state index in [1.807, 2.05) is 6.08 Å². The maximum Gasteiger partial charge on any atom is 0.220 e. The van der Waals surface area contributed by atoms with E-state index in [-0.39, 0.29) is 12.5 Å². The highest BCUT2D eigenvalue weighted by atomic mass is 16.3. The fourth-order valence-electron chi connectivity index (χ4n) is 10.6. The molecule has 0 aromatic heterocycles.